The number of carbonyl (C=O) groups is 2. The van der Waals surface area contributed by atoms with E-state index in [4.69, 9.17) is 0 Å². The Kier molecular flexibility index (Phi) is 3.46. The molecule has 132 valence electrons. The minimum atomic E-state index is -0.771. The topological polar surface area (TPSA) is 49.4 Å². The Hall–Kier alpha value is -1.49. The fourth-order valence-electron chi connectivity index (χ4n) is 5.63. The molecule has 4 nitrogen and oxygen atoms in total. The highest BCUT2D eigenvalue weighted by Crippen LogP contribution is 2.56. The number of thioether (sulfide) groups is 1. The van der Waals surface area contributed by atoms with E-state index in [9.17, 15) is 9.59 Å². The van der Waals surface area contributed by atoms with E-state index in [0.29, 0.717) is 18.8 Å². The van der Waals surface area contributed by atoms with Crippen LogP contribution in [0.1, 0.15) is 45.4 Å². The number of nitrogens with zero attached hydrogens (tertiary/aromatic N) is 1. The third kappa shape index (κ3) is 2.21. The number of carbonyl (C=O) groups excluding carboxylic acids is 2. The quantitative estimate of drug-likeness (QED) is 0.901. The number of benzene rings is 1. The number of hydrogen-bond acceptors (Lipinski definition) is 3. The minimum Gasteiger partial charge on any atom is -0.351 e. The number of hydrogen-bond donors (Lipinski definition) is 1. The molecule has 2 aliphatic carbocycles. The summed E-state index contributed by atoms with van der Waals surface area (Å²) in [6.07, 6.45) is 6.36. The predicted octanol–water partition coefficient (Wildman–Crippen LogP) is 3.56. The molecule has 25 heavy (non-hydrogen) atoms. The number of anilines is 1. The second-order valence-electron chi connectivity index (χ2n) is 8.18. The van der Waals surface area contributed by atoms with Crippen LogP contribution in [-0.4, -0.2) is 22.7 Å². The van der Waals surface area contributed by atoms with E-state index in [1.807, 2.05) is 24.3 Å². The SMILES string of the molecule is CC(NC(=O)C12CCC(=O)N1c1ccccc1S2)C1CC2CCC1C2. The summed E-state index contributed by atoms with van der Waals surface area (Å²) >= 11 is 1.56. The lowest BCUT2D eigenvalue weighted by atomic mass is 9.84. The molecule has 1 saturated heterocycles. The Labute approximate surface area is 152 Å². The molecule has 0 radical (unpaired) electrons. The Morgan fingerprint density at radius 1 is 1.32 bits per heavy atom. The van der Waals surface area contributed by atoms with Crippen molar-refractivity contribution in [3.8, 4) is 0 Å². The molecule has 2 heterocycles. The van der Waals surface area contributed by atoms with Gasteiger partial charge in [-0.1, -0.05) is 30.3 Å². The first-order chi connectivity index (χ1) is 12.1. The second-order valence-corrected chi connectivity index (χ2v) is 9.50. The van der Waals surface area contributed by atoms with Gasteiger partial charge in [-0.2, -0.15) is 0 Å². The maximum Gasteiger partial charge on any atom is 0.257 e. The highest BCUT2D eigenvalue weighted by Gasteiger charge is 2.57. The van der Waals surface area contributed by atoms with Crippen molar-refractivity contribution in [3.63, 3.8) is 0 Å². The molecule has 0 spiro atoms. The highest BCUT2D eigenvalue weighted by molar-refractivity contribution is 8.02. The Morgan fingerprint density at radius 2 is 2.16 bits per heavy atom. The van der Waals surface area contributed by atoms with Gasteiger partial charge in [0.2, 0.25) is 5.91 Å². The van der Waals surface area contributed by atoms with Gasteiger partial charge in [-0.25, -0.2) is 0 Å². The van der Waals surface area contributed by atoms with E-state index < -0.39 is 4.87 Å². The minimum absolute atomic E-state index is 0.0230. The summed E-state index contributed by atoms with van der Waals surface area (Å²) in [5, 5.41) is 3.31. The van der Waals surface area contributed by atoms with Crippen molar-refractivity contribution in [2.75, 3.05) is 4.90 Å². The first-order valence-corrected chi connectivity index (χ1v) is 10.3. The lowest BCUT2D eigenvalue weighted by Crippen LogP contribution is -2.55. The molecular formula is C20H24N2O2S. The van der Waals surface area contributed by atoms with Gasteiger partial charge >= 0.3 is 0 Å². The largest absolute Gasteiger partial charge is 0.351 e. The molecule has 5 rings (SSSR count). The van der Waals surface area contributed by atoms with Crippen molar-refractivity contribution in [1.82, 2.24) is 5.32 Å². The fourth-order valence-corrected chi connectivity index (χ4v) is 7.05. The Balaban J connectivity index is 1.39. The van der Waals surface area contributed by atoms with Gasteiger partial charge in [-0.05, 0) is 62.5 Å². The summed E-state index contributed by atoms with van der Waals surface area (Å²) < 4.78 is 0. The molecule has 2 amide bonds. The Bertz CT molecular complexity index is 751. The smallest absolute Gasteiger partial charge is 0.257 e. The molecule has 0 aromatic heterocycles. The van der Waals surface area contributed by atoms with Gasteiger partial charge < -0.3 is 5.32 Å². The van der Waals surface area contributed by atoms with Crippen LogP contribution in [0.5, 0.6) is 0 Å². The van der Waals surface area contributed by atoms with Gasteiger partial charge in [-0.15, -0.1) is 0 Å². The van der Waals surface area contributed by atoms with Crippen LogP contribution in [0.25, 0.3) is 0 Å². The number of nitrogens with one attached hydrogen (secondary N) is 1. The molecule has 1 aromatic rings. The summed E-state index contributed by atoms with van der Waals surface area (Å²) in [6.45, 7) is 2.16. The number of rotatable bonds is 3. The summed E-state index contributed by atoms with van der Waals surface area (Å²) in [5.74, 6) is 2.36. The molecule has 5 atom stereocenters. The first-order valence-electron chi connectivity index (χ1n) is 9.50. The van der Waals surface area contributed by atoms with Gasteiger partial charge in [0, 0.05) is 17.4 Å². The molecule has 2 saturated carbocycles. The number of para-hydroxylation sites is 1. The van der Waals surface area contributed by atoms with Crippen LogP contribution < -0.4 is 10.2 Å². The fraction of sp³-hybridized carbons (Fsp3) is 0.600. The van der Waals surface area contributed by atoms with Crippen LogP contribution in [0.3, 0.4) is 0 Å². The second kappa shape index (κ2) is 5.50. The standard InChI is InChI=1S/C20H24N2O2S/c1-12(15-11-13-6-7-14(15)10-13)21-19(24)20-9-8-18(23)22(20)16-4-2-3-5-17(16)25-20/h2-5,12-15H,6-11H2,1H3,(H,21,24). The van der Waals surface area contributed by atoms with E-state index in [1.54, 1.807) is 16.7 Å². The summed E-state index contributed by atoms with van der Waals surface area (Å²) in [4.78, 5) is 27.8. The van der Waals surface area contributed by atoms with Crippen molar-refractivity contribution in [2.24, 2.45) is 17.8 Å². The zero-order valence-electron chi connectivity index (χ0n) is 14.5. The van der Waals surface area contributed by atoms with Crippen LogP contribution in [0, 0.1) is 17.8 Å². The third-order valence-corrected chi connectivity index (χ3v) is 8.30. The van der Waals surface area contributed by atoms with Crippen LogP contribution in [0.15, 0.2) is 29.2 Å². The average Bonchev–Trinajstić information content (AvgIpc) is 3.35. The van der Waals surface area contributed by atoms with E-state index in [1.165, 1.54) is 25.7 Å². The summed E-state index contributed by atoms with van der Waals surface area (Å²) in [5.41, 5.74) is 0.901. The highest BCUT2D eigenvalue weighted by atomic mass is 32.2. The van der Waals surface area contributed by atoms with Gasteiger partial charge in [0.05, 0.1) is 5.69 Å². The zero-order chi connectivity index (χ0) is 17.2. The molecular weight excluding hydrogens is 332 g/mol. The van der Waals surface area contributed by atoms with E-state index >= 15 is 0 Å². The molecule has 3 fully saturated rings. The normalized spacial score (nSPS) is 36.4. The molecule has 5 unspecified atom stereocenters. The lowest BCUT2D eigenvalue weighted by Gasteiger charge is -2.34. The van der Waals surface area contributed by atoms with Crippen molar-refractivity contribution in [3.05, 3.63) is 24.3 Å². The molecule has 1 N–H and O–H groups in total. The van der Waals surface area contributed by atoms with E-state index in [2.05, 4.69) is 12.2 Å². The number of amides is 2. The van der Waals surface area contributed by atoms with Crippen LogP contribution in [-0.2, 0) is 9.59 Å². The van der Waals surface area contributed by atoms with Gasteiger partial charge in [0.25, 0.3) is 5.91 Å². The van der Waals surface area contributed by atoms with Crippen LogP contribution >= 0.6 is 11.8 Å². The molecule has 4 aliphatic rings. The molecule has 1 aromatic carbocycles. The van der Waals surface area contributed by atoms with Crippen molar-refractivity contribution in [2.45, 2.75) is 61.3 Å². The van der Waals surface area contributed by atoms with Gasteiger partial charge in [0.1, 0.15) is 0 Å². The van der Waals surface area contributed by atoms with Crippen LogP contribution in [0.4, 0.5) is 5.69 Å². The molecule has 2 bridgehead atoms. The lowest BCUT2D eigenvalue weighted by molar-refractivity contribution is -0.125. The summed E-state index contributed by atoms with van der Waals surface area (Å²) in [6, 6.07) is 8.08. The average molecular weight is 356 g/mol. The monoisotopic (exact) mass is 356 g/mol. The third-order valence-electron chi connectivity index (χ3n) is 6.82. The van der Waals surface area contributed by atoms with Gasteiger partial charge in [-0.3, -0.25) is 14.5 Å². The molecule has 5 heteroatoms. The van der Waals surface area contributed by atoms with Crippen molar-refractivity contribution < 1.29 is 9.59 Å². The Morgan fingerprint density at radius 3 is 2.92 bits per heavy atom. The van der Waals surface area contributed by atoms with Gasteiger partial charge in [0.15, 0.2) is 4.87 Å². The van der Waals surface area contributed by atoms with Crippen LogP contribution in [0.2, 0.25) is 0 Å². The maximum atomic E-state index is 13.3. The van der Waals surface area contributed by atoms with Crippen molar-refractivity contribution in [1.29, 1.82) is 0 Å². The van der Waals surface area contributed by atoms with E-state index in [0.717, 1.165) is 22.4 Å². The number of fused-ring (bicyclic) bond motifs is 5. The zero-order valence-corrected chi connectivity index (χ0v) is 15.3. The first kappa shape index (κ1) is 15.7. The van der Waals surface area contributed by atoms with E-state index in [-0.39, 0.29) is 17.9 Å². The maximum absolute atomic E-state index is 13.3. The summed E-state index contributed by atoms with van der Waals surface area (Å²) in [7, 11) is 0. The van der Waals surface area contributed by atoms with Crippen molar-refractivity contribution >= 4 is 29.3 Å². The molecule has 2 aliphatic heterocycles. The predicted molar refractivity (Wildman–Crippen MR) is 98.3 cm³/mol.